The zero-order valence-corrected chi connectivity index (χ0v) is 25.4. The molecule has 1 aromatic heterocycles. The molecule has 9 heteroatoms. The predicted molar refractivity (Wildman–Crippen MR) is 168 cm³/mol. The minimum atomic E-state index is -0.342. The smallest absolute Gasteiger partial charge is 0.240 e. The van der Waals surface area contributed by atoms with E-state index in [4.69, 9.17) is 14.6 Å². The Balaban J connectivity index is 1.81. The molecule has 1 aliphatic heterocycles. The fraction of sp³-hybridized carbons (Fsp3) is 0.303. The van der Waals surface area contributed by atoms with Gasteiger partial charge in [-0.15, -0.1) is 11.8 Å². The molecule has 0 aliphatic carbocycles. The van der Waals surface area contributed by atoms with E-state index in [0.29, 0.717) is 17.3 Å². The van der Waals surface area contributed by atoms with Gasteiger partial charge in [-0.1, -0.05) is 55.0 Å². The van der Waals surface area contributed by atoms with Gasteiger partial charge in [-0.05, 0) is 50.6 Å². The number of benzene rings is 3. The average molecular weight is 585 g/mol. The number of ether oxygens (including phenoxy) is 2. The first-order chi connectivity index (χ1) is 20.3. The van der Waals surface area contributed by atoms with Crippen molar-refractivity contribution in [2.24, 2.45) is 0 Å². The largest absolute Gasteiger partial charge is 0.497 e. The fourth-order valence-corrected chi connectivity index (χ4v) is 6.26. The molecule has 0 spiro atoms. The first-order valence-electron chi connectivity index (χ1n) is 14.0. The van der Waals surface area contributed by atoms with Crippen LogP contribution in [-0.2, 0) is 9.59 Å². The molecule has 2 amide bonds. The van der Waals surface area contributed by atoms with Gasteiger partial charge in [-0.2, -0.15) is 5.10 Å². The number of thioether (sulfide) groups is 1. The van der Waals surface area contributed by atoms with Crippen LogP contribution in [-0.4, -0.2) is 54.2 Å². The van der Waals surface area contributed by atoms with Gasteiger partial charge in [0.1, 0.15) is 23.9 Å². The van der Waals surface area contributed by atoms with Crippen molar-refractivity contribution in [3.05, 3.63) is 89.5 Å². The molecule has 5 rings (SSSR count). The Labute approximate surface area is 251 Å². The van der Waals surface area contributed by atoms with E-state index in [1.807, 2.05) is 93.6 Å². The third-order valence-corrected chi connectivity index (χ3v) is 8.69. The number of carbonyl (C=O) groups is 2. The summed E-state index contributed by atoms with van der Waals surface area (Å²) in [6.45, 7) is 5.88. The number of fused-ring (bicyclic) bond motifs is 1. The number of rotatable bonds is 9. The molecular formula is C33H36N4O4S. The monoisotopic (exact) mass is 584 g/mol. The van der Waals surface area contributed by atoms with Gasteiger partial charge in [0.25, 0.3) is 0 Å². The summed E-state index contributed by atoms with van der Waals surface area (Å²) in [4.78, 5) is 28.8. The van der Waals surface area contributed by atoms with Gasteiger partial charge < -0.3 is 14.8 Å². The Kier molecular flexibility index (Phi) is 8.87. The van der Waals surface area contributed by atoms with E-state index in [9.17, 15) is 9.59 Å². The average Bonchev–Trinajstić information content (AvgIpc) is 3.34. The van der Waals surface area contributed by atoms with Gasteiger partial charge in [-0.3, -0.25) is 14.5 Å². The summed E-state index contributed by atoms with van der Waals surface area (Å²) in [5.41, 5.74) is 5.24. The number of nitrogens with one attached hydrogen (secondary N) is 1. The summed E-state index contributed by atoms with van der Waals surface area (Å²) in [6, 6.07) is 23.6. The molecule has 1 aliphatic rings. The predicted octanol–water partition coefficient (Wildman–Crippen LogP) is 5.95. The Morgan fingerprint density at radius 3 is 2.48 bits per heavy atom. The van der Waals surface area contributed by atoms with Crippen LogP contribution in [0.3, 0.4) is 0 Å². The van der Waals surface area contributed by atoms with Crippen LogP contribution >= 0.6 is 11.8 Å². The maximum Gasteiger partial charge on any atom is 0.240 e. The molecule has 3 aromatic carbocycles. The van der Waals surface area contributed by atoms with E-state index in [0.717, 1.165) is 40.1 Å². The molecule has 2 heterocycles. The van der Waals surface area contributed by atoms with Gasteiger partial charge in [0.05, 0.1) is 36.6 Å². The molecule has 1 N–H and O–H groups in total. The van der Waals surface area contributed by atoms with Crippen molar-refractivity contribution in [3.8, 4) is 28.4 Å². The third-order valence-electron chi connectivity index (χ3n) is 7.46. The van der Waals surface area contributed by atoms with E-state index in [2.05, 4.69) is 5.32 Å². The lowest BCUT2D eigenvalue weighted by Gasteiger charge is -2.24. The quantitative estimate of drug-likeness (QED) is 0.262. The fourth-order valence-electron chi connectivity index (χ4n) is 5.05. The molecule has 218 valence electrons. The SMILES string of the molecule is CC[C@@H](C)NC(=O)CN1C(=O)CS[C@H](c2cc(OC)ccc2OC)c2c(-c3ccccc3)nn(-c3ccc(C)cc3)c21. The first kappa shape index (κ1) is 29.3. The van der Waals surface area contributed by atoms with Crippen molar-refractivity contribution in [1.82, 2.24) is 15.1 Å². The molecule has 0 unspecified atom stereocenters. The molecule has 42 heavy (non-hydrogen) atoms. The number of methoxy groups -OCH3 is 2. The molecule has 2 atom stereocenters. The molecule has 0 bridgehead atoms. The Bertz CT molecular complexity index is 1570. The van der Waals surface area contributed by atoms with Gasteiger partial charge in [0, 0.05) is 22.7 Å². The number of aryl methyl sites for hydroxylation is 1. The second-order valence-corrected chi connectivity index (χ2v) is 11.4. The minimum Gasteiger partial charge on any atom is -0.497 e. The number of anilines is 1. The van der Waals surface area contributed by atoms with Crippen molar-refractivity contribution in [1.29, 1.82) is 0 Å². The highest BCUT2D eigenvalue weighted by Crippen LogP contribution is 2.51. The maximum atomic E-state index is 13.9. The third kappa shape index (κ3) is 5.87. The Morgan fingerprint density at radius 2 is 1.81 bits per heavy atom. The van der Waals surface area contributed by atoms with Gasteiger partial charge in [0.2, 0.25) is 11.8 Å². The minimum absolute atomic E-state index is 0.0101. The topological polar surface area (TPSA) is 85.7 Å². The molecule has 0 saturated heterocycles. The van der Waals surface area contributed by atoms with E-state index in [1.165, 1.54) is 11.8 Å². The van der Waals surface area contributed by atoms with Crippen LogP contribution in [0.4, 0.5) is 5.82 Å². The Morgan fingerprint density at radius 1 is 1.07 bits per heavy atom. The lowest BCUT2D eigenvalue weighted by Crippen LogP contribution is -2.44. The van der Waals surface area contributed by atoms with Crippen molar-refractivity contribution in [2.45, 2.75) is 38.5 Å². The van der Waals surface area contributed by atoms with Crippen LogP contribution < -0.4 is 19.7 Å². The van der Waals surface area contributed by atoms with Crippen LogP contribution in [0.15, 0.2) is 72.8 Å². The Hall–Kier alpha value is -4.24. The van der Waals surface area contributed by atoms with Crippen LogP contribution in [0.5, 0.6) is 11.5 Å². The normalized spacial score (nSPS) is 15.5. The summed E-state index contributed by atoms with van der Waals surface area (Å²) < 4.78 is 13.2. The maximum absolute atomic E-state index is 13.9. The van der Waals surface area contributed by atoms with E-state index in [1.54, 1.807) is 23.8 Å². The summed E-state index contributed by atoms with van der Waals surface area (Å²) >= 11 is 1.49. The lowest BCUT2D eigenvalue weighted by atomic mass is 9.98. The second-order valence-electron chi connectivity index (χ2n) is 10.4. The van der Waals surface area contributed by atoms with Crippen molar-refractivity contribution < 1.29 is 19.1 Å². The highest BCUT2D eigenvalue weighted by Gasteiger charge is 2.39. The summed E-state index contributed by atoms with van der Waals surface area (Å²) in [5.74, 6) is 1.71. The van der Waals surface area contributed by atoms with E-state index >= 15 is 0 Å². The van der Waals surface area contributed by atoms with Crippen molar-refractivity contribution in [3.63, 3.8) is 0 Å². The highest BCUT2D eigenvalue weighted by molar-refractivity contribution is 8.00. The number of hydrogen-bond donors (Lipinski definition) is 1. The van der Waals surface area contributed by atoms with Gasteiger partial charge in [-0.25, -0.2) is 4.68 Å². The number of hydrogen-bond acceptors (Lipinski definition) is 6. The first-order valence-corrected chi connectivity index (χ1v) is 15.1. The van der Waals surface area contributed by atoms with Crippen molar-refractivity contribution in [2.75, 3.05) is 31.4 Å². The summed E-state index contributed by atoms with van der Waals surface area (Å²) in [6.07, 6.45) is 0.790. The number of nitrogens with zero attached hydrogens (tertiary/aromatic N) is 3. The second kappa shape index (κ2) is 12.7. The zero-order chi connectivity index (χ0) is 29.8. The number of amides is 2. The van der Waals surface area contributed by atoms with E-state index in [-0.39, 0.29) is 35.4 Å². The molecular weight excluding hydrogens is 548 g/mol. The zero-order valence-electron chi connectivity index (χ0n) is 24.6. The van der Waals surface area contributed by atoms with Crippen LogP contribution in [0.25, 0.3) is 16.9 Å². The standard InChI is InChI=1S/C33H36N4O4S/c1-6-22(3)34-28(38)19-36-29(39)20-42-32(26-18-25(40-4)16-17-27(26)41-5)30-31(23-10-8-7-9-11-23)35-37(33(30)36)24-14-12-21(2)13-15-24/h7-18,22,32H,6,19-20H2,1-5H3,(H,34,38)/t22-,32-/m1/s1. The lowest BCUT2D eigenvalue weighted by molar-refractivity contribution is -0.123. The molecule has 0 radical (unpaired) electrons. The van der Waals surface area contributed by atoms with Crippen LogP contribution in [0.2, 0.25) is 0 Å². The van der Waals surface area contributed by atoms with Gasteiger partial charge >= 0.3 is 0 Å². The summed E-state index contributed by atoms with van der Waals surface area (Å²) in [5, 5.41) is 7.83. The summed E-state index contributed by atoms with van der Waals surface area (Å²) in [7, 11) is 3.27. The molecule has 0 fully saturated rings. The van der Waals surface area contributed by atoms with Crippen LogP contribution in [0.1, 0.15) is 42.2 Å². The number of carbonyl (C=O) groups excluding carboxylic acids is 2. The highest BCUT2D eigenvalue weighted by atomic mass is 32.2. The van der Waals surface area contributed by atoms with Gasteiger partial charge in [0.15, 0.2) is 0 Å². The van der Waals surface area contributed by atoms with Crippen molar-refractivity contribution >= 4 is 29.4 Å². The van der Waals surface area contributed by atoms with E-state index < -0.39 is 0 Å². The number of aromatic nitrogens is 2. The molecule has 8 nitrogen and oxygen atoms in total. The van der Waals surface area contributed by atoms with Crippen LogP contribution in [0, 0.1) is 6.92 Å². The molecule has 0 saturated carbocycles. The molecule has 4 aromatic rings.